The van der Waals surface area contributed by atoms with E-state index in [4.69, 9.17) is 9.47 Å². The molecule has 34 heavy (non-hydrogen) atoms. The third-order valence-electron chi connectivity index (χ3n) is 5.51. The zero-order chi connectivity index (χ0) is 24.8. The van der Waals surface area contributed by atoms with E-state index in [1.807, 2.05) is 19.1 Å². The van der Waals surface area contributed by atoms with Crippen LogP contribution < -0.4 is 14.8 Å². The second-order valence-corrected chi connectivity index (χ2v) is 9.23. The first-order valence-electron chi connectivity index (χ1n) is 11.0. The maximum atomic E-state index is 13.6. The average molecular weight is 489 g/mol. The topological polar surface area (TPSA) is 111 Å². The van der Waals surface area contributed by atoms with Crippen molar-refractivity contribution in [2.45, 2.75) is 25.9 Å². The van der Waals surface area contributed by atoms with Crippen LogP contribution in [0.4, 0.5) is 5.69 Å². The Hall–Kier alpha value is -2.95. The number of nitrogens with one attached hydrogen (secondary N) is 1. The summed E-state index contributed by atoms with van der Waals surface area (Å²) in [7, 11) is 5.12. The summed E-state index contributed by atoms with van der Waals surface area (Å²) < 4.78 is 33.8. The fraction of sp³-hybridized carbons (Fsp3) is 0.417. The van der Waals surface area contributed by atoms with E-state index in [9.17, 15) is 18.4 Å². The van der Waals surface area contributed by atoms with Crippen LogP contribution in [0.15, 0.2) is 36.4 Å². The van der Waals surface area contributed by atoms with Gasteiger partial charge in [-0.15, -0.1) is 0 Å². The molecule has 2 atom stereocenters. The lowest BCUT2D eigenvalue weighted by Gasteiger charge is -2.29. The number of carbonyl (C=O) groups is 2. The van der Waals surface area contributed by atoms with Gasteiger partial charge in [0, 0.05) is 12.3 Å². The van der Waals surface area contributed by atoms with Crippen LogP contribution in [0.1, 0.15) is 40.9 Å². The summed E-state index contributed by atoms with van der Waals surface area (Å²) in [5.74, 6) is 0.494. The van der Waals surface area contributed by atoms with Gasteiger partial charge in [-0.3, -0.25) is 13.8 Å². The number of ether oxygens (including phenoxy) is 2. The van der Waals surface area contributed by atoms with Crippen molar-refractivity contribution >= 4 is 28.6 Å². The molecule has 1 aliphatic heterocycles. The van der Waals surface area contributed by atoms with Crippen LogP contribution in [0, 0.1) is 0 Å². The maximum absolute atomic E-state index is 13.6. The molecular formula is C24H30N3O6S-. The van der Waals surface area contributed by atoms with Gasteiger partial charge in [0.05, 0.1) is 37.6 Å². The summed E-state index contributed by atoms with van der Waals surface area (Å²) in [6.07, 6.45) is 0.218. The van der Waals surface area contributed by atoms with Gasteiger partial charge in [-0.1, -0.05) is 29.3 Å². The number of anilines is 1. The highest BCUT2D eigenvalue weighted by Crippen LogP contribution is 2.39. The molecule has 10 heteroatoms. The van der Waals surface area contributed by atoms with Gasteiger partial charge in [-0.2, -0.15) is 0 Å². The third kappa shape index (κ3) is 5.94. The van der Waals surface area contributed by atoms with Gasteiger partial charge in [0.15, 0.2) is 11.5 Å². The number of likely N-dealkylation sites (N-methyl/N-ethyl adjacent to an activating group) is 1. The molecule has 1 N–H and O–H groups in total. The van der Waals surface area contributed by atoms with Crippen LogP contribution >= 0.6 is 0 Å². The monoisotopic (exact) mass is 488 g/mol. The van der Waals surface area contributed by atoms with E-state index < -0.39 is 17.1 Å². The van der Waals surface area contributed by atoms with E-state index in [0.717, 1.165) is 11.1 Å². The maximum Gasteiger partial charge on any atom is 0.257 e. The van der Waals surface area contributed by atoms with Crippen molar-refractivity contribution in [3.63, 3.8) is 0 Å². The Morgan fingerprint density at radius 1 is 1.26 bits per heavy atom. The summed E-state index contributed by atoms with van der Waals surface area (Å²) in [6.45, 7) is 2.78. The van der Waals surface area contributed by atoms with Gasteiger partial charge < -0.3 is 29.1 Å². The predicted molar refractivity (Wildman–Crippen MR) is 129 cm³/mol. The zero-order valence-corrected chi connectivity index (χ0v) is 20.6. The molecule has 0 saturated heterocycles. The molecule has 0 radical (unpaired) electrons. The van der Waals surface area contributed by atoms with E-state index >= 15 is 0 Å². The fourth-order valence-electron chi connectivity index (χ4n) is 4.10. The number of carbonyl (C=O) groups excluding carboxylic acids is 2. The SMILES string of the molecule is CCOc1cc(C(CCS(=O)[O-])N2Cc3cccc(NC(=O)CN(C)C)c3C2=O)ccc1OC. The van der Waals surface area contributed by atoms with Gasteiger partial charge in [-0.25, -0.2) is 0 Å². The number of benzene rings is 2. The molecule has 0 saturated carbocycles. The smallest absolute Gasteiger partial charge is 0.257 e. The molecule has 184 valence electrons. The molecule has 2 aromatic carbocycles. The Morgan fingerprint density at radius 2 is 2.03 bits per heavy atom. The first-order valence-corrected chi connectivity index (χ1v) is 12.2. The minimum Gasteiger partial charge on any atom is -0.772 e. The molecule has 0 spiro atoms. The van der Waals surface area contributed by atoms with E-state index in [-0.39, 0.29) is 30.5 Å². The van der Waals surface area contributed by atoms with Crippen molar-refractivity contribution in [1.29, 1.82) is 0 Å². The third-order valence-corrected chi connectivity index (χ3v) is 6.08. The van der Waals surface area contributed by atoms with Crippen molar-refractivity contribution < 1.29 is 27.8 Å². The summed E-state index contributed by atoms with van der Waals surface area (Å²) >= 11 is -2.26. The van der Waals surface area contributed by atoms with Crippen LogP contribution in [-0.4, -0.2) is 70.5 Å². The van der Waals surface area contributed by atoms with Crippen LogP contribution in [-0.2, 0) is 22.4 Å². The fourth-order valence-corrected chi connectivity index (χ4v) is 4.51. The average Bonchev–Trinajstić information content (AvgIpc) is 3.11. The van der Waals surface area contributed by atoms with Crippen LogP contribution in [0.3, 0.4) is 0 Å². The Balaban J connectivity index is 1.95. The number of methoxy groups -OCH3 is 1. The number of amides is 2. The minimum atomic E-state index is -2.26. The second kappa shape index (κ2) is 11.5. The van der Waals surface area contributed by atoms with Crippen molar-refractivity contribution in [3.05, 3.63) is 53.1 Å². The molecule has 2 unspecified atom stereocenters. The van der Waals surface area contributed by atoms with Crippen LogP contribution in [0.5, 0.6) is 11.5 Å². The van der Waals surface area contributed by atoms with Crippen molar-refractivity contribution in [3.8, 4) is 11.5 Å². The van der Waals surface area contributed by atoms with Crippen molar-refractivity contribution in [1.82, 2.24) is 9.80 Å². The summed E-state index contributed by atoms with van der Waals surface area (Å²) in [6, 6.07) is 10.2. The Morgan fingerprint density at radius 3 is 2.68 bits per heavy atom. The van der Waals surface area contributed by atoms with Gasteiger partial charge in [0.1, 0.15) is 0 Å². The lowest BCUT2D eigenvalue weighted by molar-refractivity contribution is -0.116. The zero-order valence-electron chi connectivity index (χ0n) is 19.8. The summed E-state index contributed by atoms with van der Waals surface area (Å²) in [5, 5.41) is 2.83. The Kier molecular flexibility index (Phi) is 8.65. The molecule has 0 fully saturated rings. The molecule has 0 aliphatic carbocycles. The normalized spacial score (nSPS) is 14.6. The lowest BCUT2D eigenvalue weighted by Crippen LogP contribution is -2.31. The minimum absolute atomic E-state index is 0.104. The van der Waals surface area contributed by atoms with Crippen LogP contribution in [0.25, 0.3) is 0 Å². The molecule has 2 amide bonds. The number of hydrogen-bond donors (Lipinski definition) is 1. The largest absolute Gasteiger partial charge is 0.772 e. The number of rotatable bonds is 11. The molecule has 1 heterocycles. The first kappa shape index (κ1) is 25.7. The first-order chi connectivity index (χ1) is 16.2. The standard InChI is InChI=1S/C24H31N3O6S/c1-5-33-21-13-16(9-10-20(21)32-4)19(11-12-34(30)31)27-14-17-7-6-8-18(23(17)24(27)29)25-22(28)15-26(2)3/h6-10,13,19H,5,11-12,14-15H2,1-4H3,(H,25,28)(H,30,31)/p-1. The Bertz CT molecular complexity index is 1070. The number of nitrogens with zero attached hydrogens (tertiary/aromatic N) is 2. The van der Waals surface area contributed by atoms with Crippen molar-refractivity contribution in [2.75, 3.05) is 45.4 Å². The molecule has 1 aliphatic rings. The second-order valence-electron chi connectivity index (χ2n) is 8.21. The molecule has 0 aromatic heterocycles. The molecular weight excluding hydrogens is 458 g/mol. The molecule has 3 rings (SSSR count). The van der Waals surface area contributed by atoms with Gasteiger partial charge in [0.25, 0.3) is 5.91 Å². The van der Waals surface area contributed by atoms with Gasteiger partial charge >= 0.3 is 0 Å². The quantitative estimate of drug-likeness (QED) is 0.484. The highest BCUT2D eigenvalue weighted by Gasteiger charge is 2.35. The Labute approximate surface area is 202 Å². The highest BCUT2D eigenvalue weighted by molar-refractivity contribution is 7.79. The van der Waals surface area contributed by atoms with E-state index in [1.54, 1.807) is 55.3 Å². The summed E-state index contributed by atoms with van der Waals surface area (Å²) in [4.78, 5) is 29.3. The molecule has 9 nitrogen and oxygen atoms in total. The predicted octanol–water partition coefficient (Wildman–Crippen LogP) is 2.56. The summed E-state index contributed by atoms with van der Waals surface area (Å²) in [5.41, 5.74) is 2.41. The van der Waals surface area contributed by atoms with Crippen LogP contribution in [0.2, 0.25) is 0 Å². The van der Waals surface area contributed by atoms with Crippen molar-refractivity contribution in [2.24, 2.45) is 0 Å². The highest BCUT2D eigenvalue weighted by atomic mass is 32.2. The van der Waals surface area contributed by atoms with E-state index in [2.05, 4.69) is 5.32 Å². The lowest BCUT2D eigenvalue weighted by atomic mass is 10.0. The van der Waals surface area contributed by atoms with E-state index in [1.165, 1.54) is 0 Å². The molecule has 0 bridgehead atoms. The van der Waals surface area contributed by atoms with Gasteiger partial charge in [0.2, 0.25) is 5.91 Å². The molecule has 2 aromatic rings. The number of hydrogen-bond acceptors (Lipinski definition) is 7. The van der Waals surface area contributed by atoms with E-state index in [0.29, 0.717) is 35.9 Å². The van der Waals surface area contributed by atoms with Gasteiger partial charge in [-0.05, 0) is 56.8 Å². The number of fused-ring (bicyclic) bond motifs is 1.